The molecule has 82 valence electrons. The Bertz CT molecular complexity index is 361. The van der Waals surface area contributed by atoms with Crippen LogP contribution in [0.3, 0.4) is 0 Å². The third-order valence-electron chi connectivity index (χ3n) is 2.92. The normalized spacial score (nSPS) is 15.4. The van der Waals surface area contributed by atoms with Gasteiger partial charge in [-0.05, 0) is 36.0 Å². The van der Waals surface area contributed by atoms with Gasteiger partial charge >= 0.3 is 0 Å². The van der Waals surface area contributed by atoms with Crippen LogP contribution >= 0.6 is 0 Å². The summed E-state index contributed by atoms with van der Waals surface area (Å²) in [6.45, 7) is -0.579. The minimum Gasteiger partial charge on any atom is -0.325 e. The van der Waals surface area contributed by atoms with Crippen LogP contribution in [0, 0.1) is 0 Å². The first-order valence-corrected chi connectivity index (χ1v) is 5.29. The Morgan fingerprint density at radius 2 is 1.93 bits per heavy atom. The van der Waals surface area contributed by atoms with E-state index in [1.165, 1.54) is 11.1 Å². The van der Waals surface area contributed by atoms with E-state index >= 15 is 0 Å². The molecule has 0 spiro atoms. The summed E-state index contributed by atoms with van der Waals surface area (Å²) in [5.41, 5.74) is 8.27. The standard InChI is InChI=1S/C12H15F2N/c13-12(14,8-15)7-9-4-5-10-2-1-3-11(10)6-9/h4-6H,1-3,7-8,15H2. The molecule has 0 radical (unpaired) electrons. The fourth-order valence-electron chi connectivity index (χ4n) is 2.11. The van der Waals surface area contributed by atoms with Crippen molar-refractivity contribution in [1.82, 2.24) is 0 Å². The van der Waals surface area contributed by atoms with E-state index in [-0.39, 0.29) is 6.42 Å². The molecule has 2 N–H and O–H groups in total. The molecule has 0 atom stereocenters. The maximum Gasteiger partial charge on any atom is 0.264 e. The summed E-state index contributed by atoms with van der Waals surface area (Å²) < 4.78 is 26.1. The maximum atomic E-state index is 13.1. The smallest absolute Gasteiger partial charge is 0.264 e. The van der Waals surface area contributed by atoms with Crippen molar-refractivity contribution in [2.24, 2.45) is 5.73 Å². The zero-order valence-corrected chi connectivity index (χ0v) is 8.60. The second-order valence-corrected chi connectivity index (χ2v) is 4.19. The van der Waals surface area contributed by atoms with Crippen LogP contribution in [0.15, 0.2) is 18.2 Å². The average molecular weight is 211 g/mol. The van der Waals surface area contributed by atoms with Crippen LogP contribution in [0.5, 0.6) is 0 Å². The van der Waals surface area contributed by atoms with Gasteiger partial charge in [-0.15, -0.1) is 0 Å². The minimum absolute atomic E-state index is 0.239. The molecule has 0 aromatic heterocycles. The molecule has 1 aliphatic carbocycles. The van der Waals surface area contributed by atoms with Crippen LogP contribution in [0.25, 0.3) is 0 Å². The first-order chi connectivity index (χ1) is 7.11. The first-order valence-electron chi connectivity index (χ1n) is 5.29. The molecule has 0 bridgehead atoms. The molecule has 1 nitrogen and oxygen atoms in total. The van der Waals surface area contributed by atoms with E-state index in [0.717, 1.165) is 19.3 Å². The van der Waals surface area contributed by atoms with E-state index in [0.29, 0.717) is 5.56 Å². The van der Waals surface area contributed by atoms with Crippen molar-refractivity contribution < 1.29 is 8.78 Å². The Morgan fingerprint density at radius 3 is 2.67 bits per heavy atom. The number of fused-ring (bicyclic) bond motifs is 1. The van der Waals surface area contributed by atoms with Crippen molar-refractivity contribution in [3.05, 3.63) is 34.9 Å². The van der Waals surface area contributed by atoms with Gasteiger partial charge in [-0.1, -0.05) is 18.2 Å². The summed E-state index contributed by atoms with van der Waals surface area (Å²) in [6.07, 6.45) is 3.02. The van der Waals surface area contributed by atoms with Crippen LogP contribution in [0.4, 0.5) is 8.78 Å². The lowest BCUT2D eigenvalue weighted by Crippen LogP contribution is -2.30. The lowest BCUT2D eigenvalue weighted by molar-refractivity contribution is 0.0115. The van der Waals surface area contributed by atoms with E-state index in [2.05, 4.69) is 0 Å². The highest BCUT2D eigenvalue weighted by molar-refractivity contribution is 5.35. The Hall–Kier alpha value is -0.960. The number of hydrogen-bond donors (Lipinski definition) is 1. The molecule has 3 heteroatoms. The molecule has 0 aliphatic heterocycles. The molecule has 0 heterocycles. The number of benzene rings is 1. The van der Waals surface area contributed by atoms with Crippen LogP contribution in [0.2, 0.25) is 0 Å². The average Bonchev–Trinajstić information content (AvgIpc) is 2.64. The summed E-state index contributed by atoms with van der Waals surface area (Å²) in [5, 5.41) is 0. The van der Waals surface area contributed by atoms with Gasteiger partial charge in [0.15, 0.2) is 0 Å². The van der Waals surface area contributed by atoms with Crippen LogP contribution in [-0.2, 0) is 19.3 Å². The number of aryl methyl sites for hydroxylation is 2. The van der Waals surface area contributed by atoms with Crippen molar-refractivity contribution in [3.8, 4) is 0 Å². The van der Waals surface area contributed by atoms with Crippen molar-refractivity contribution in [1.29, 1.82) is 0 Å². The fraction of sp³-hybridized carbons (Fsp3) is 0.500. The lowest BCUT2D eigenvalue weighted by atomic mass is 10.0. The van der Waals surface area contributed by atoms with E-state index in [4.69, 9.17) is 5.73 Å². The number of hydrogen-bond acceptors (Lipinski definition) is 1. The number of nitrogens with two attached hydrogens (primary N) is 1. The molecule has 1 aromatic carbocycles. The monoisotopic (exact) mass is 211 g/mol. The molecule has 2 rings (SSSR count). The quantitative estimate of drug-likeness (QED) is 0.815. The Morgan fingerprint density at radius 1 is 1.20 bits per heavy atom. The molecular formula is C12H15F2N. The van der Waals surface area contributed by atoms with E-state index in [9.17, 15) is 8.78 Å². The van der Waals surface area contributed by atoms with Crippen molar-refractivity contribution >= 4 is 0 Å². The van der Waals surface area contributed by atoms with Gasteiger partial charge in [0.2, 0.25) is 0 Å². The summed E-state index contributed by atoms with van der Waals surface area (Å²) >= 11 is 0. The van der Waals surface area contributed by atoms with Crippen molar-refractivity contribution in [3.63, 3.8) is 0 Å². The highest BCUT2D eigenvalue weighted by atomic mass is 19.3. The summed E-state index contributed by atoms with van der Waals surface area (Å²) in [4.78, 5) is 0. The predicted molar refractivity (Wildman–Crippen MR) is 56.2 cm³/mol. The van der Waals surface area contributed by atoms with Crippen LogP contribution in [-0.4, -0.2) is 12.5 Å². The Kier molecular flexibility index (Phi) is 2.74. The van der Waals surface area contributed by atoms with E-state index in [1.54, 1.807) is 6.07 Å². The van der Waals surface area contributed by atoms with Gasteiger partial charge in [0.1, 0.15) is 0 Å². The maximum absolute atomic E-state index is 13.1. The zero-order valence-electron chi connectivity index (χ0n) is 8.60. The van der Waals surface area contributed by atoms with Crippen molar-refractivity contribution in [2.45, 2.75) is 31.6 Å². The minimum atomic E-state index is -2.77. The van der Waals surface area contributed by atoms with Crippen molar-refractivity contribution in [2.75, 3.05) is 6.54 Å². The molecule has 15 heavy (non-hydrogen) atoms. The van der Waals surface area contributed by atoms with Crippen LogP contribution < -0.4 is 5.73 Å². The van der Waals surface area contributed by atoms with Crippen LogP contribution in [0.1, 0.15) is 23.1 Å². The van der Waals surface area contributed by atoms with E-state index < -0.39 is 12.5 Å². The van der Waals surface area contributed by atoms with Gasteiger partial charge in [0.05, 0.1) is 6.54 Å². The van der Waals surface area contributed by atoms with Gasteiger partial charge in [0, 0.05) is 6.42 Å². The largest absolute Gasteiger partial charge is 0.325 e. The first kappa shape index (κ1) is 10.6. The number of rotatable bonds is 3. The third kappa shape index (κ3) is 2.34. The lowest BCUT2D eigenvalue weighted by Gasteiger charge is -2.14. The Labute approximate surface area is 88.3 Å². The summed E-state index contributed by atoms with van der Waals surface area (Å²) in [7, 11) is 0. The molecule has 0 unspecified atom stereocenters. The molecule has 0 fully saturated rings. The molecular weight excluding hydrogens is 196 g/mol. The number of alkyl halides is 2. The van der Waals surface area contributed by atoms with Gasteiger partial charge < -0.3 is 5.73 Å². The summed E-state index contributed by atoms with van der Waals surface area (Å²) in [5.74, 6) is -2.77. The highest BCUT2D eigenvalue weighted by Crippen LogP contribution is 2.25. The second-order valence-electron chi connectivity index (χ2n) is 4.19. The Balaban J connectivity index is 2.17. The van der Waals surface area contributed by atoms with Gasteiger partial charge in [-0.2, -0.15) is 0 Å². The molecule has 0 amide bonds. The van der Waals surface area contributed by atoms with E-state index in [1.807, 2.05) is 12.1 Å². The fourth-order valence-corrected chi connectivity index (χ4v) is 2.11. The molecule has 0 saturated carbocycles. The molecule has 1 aliphatic rings. The number of halogens is 2. The summed E-state index contributed by atoms with van der Waals surface area (Å²) in [6, 6.07) is 5.68. The zero-order chi connectivity index (χ0) is 10.9. The predicted octanol–water partition coefficient (Wildman–Crippen LogP) is 2.31. The highest BCUT2D eigenvalue weighted by Gasteiger charge is 2.27. The van der Waals surface area contributed by atoms with Gasteiger partial charge in [0.25, 0.3) is 5.92 Å². The van der Waals surface area contributed by atoms with Gasteiger partial charge in [-0.25, -0.2) is 8.78 Å². The topological polar surface area (TPSA) is 26.0 Å². The molecule has 0 saturated heterocycles. The molecule has 1 aromatic rings. The second kappa shape index (κ2) is 3.89. The third-order valence-corrected chi connectivity index (χ3v) is 2.92. The van der Waals surface area contributed by atoms with Gasteiger partial charge in [-0.3, -0.25) is 0 Å². The SMILES string of the molecule is NCC(F)(F)Cc1ccc2c(c1)CCC2.